The average Bonchev–Trinajstić information content (AvgIpc) is 2.75. The molecule has 0 unspecified atom stereocenters. The highest BCUT2D eigenvalue weighted by Gasteiger charge is 2.21. The number of aromatic nitrogens is 2. The van der Waals surface area contributed by atoms with Gasteiger partial charge in [0.2, 0.25) is 10.0 Å². The first-order valence-electron chi connectivity index (χ1n) is 5.46. The van der Waals surface area contributed by atoms with Crippen LogP contribution in [0.2, 0.25) is 0 Å². The predicted octanol–water partition coefficient (Wildman–Crippen LogP) is 0.413. The van der Waals surface area contributed by atoms with E-state index in [1.165, 1.54) is 6.20 Å². The van der Waals surface area contributed by atoms with Crippen LogP contribution in [-0.4, -0.2) is 36.7 Å². The minimum atomic E-state index is -3.52. The second-order valence-electron chi connectivity index (χ2n) is 4.06. The van der Waals surface area contributed by atoms with Crippen LogP contribution in [0.5, 0.6) is 0 Å². The molecule has 96 valence electrons. The lowest BCUT2D eigenvalue weighted by Gasteiger charge is -2.21. The molecule has 6 nitrogen and oxygen atoms in total. The maximum atomic E-state index is 11.9. The molecule has 2 heterocycles. The Kier molecular flexibility index (Phi) is 3.95. The summed E-state index contributed by atoms with van der Waals surface area (Å²) in [5.74, 6) is 2.73. The van der Waals surface area contributed by atoms with Gasteiger partial charge in [0.25, 0.3) is 0 Å². The number of H-pyrrole nitrogens is 1. The summed E-state index contributed by atoms with van der Waals surface area (Å²) >= 11 is 1.92. The minimum absolute atomic E-state index is 0.0303. The fourth-order valence-corrected chi connectivity index (χ4v) is 4.10. The largest absolute Gasteiger partial charge is 0.383 e. The Balaban J connectivity index is 1.96. The molecular formula is C9H16N4O2S2. The summed E-state index contributed by atoms with van der Waals surface area (Å²) in [7, 11) is -3.52. The fourth-order valence-electron chi connectivity index (χ4n) is 1.76. The van der Waals surface area contributed by atoms with Crippen molar-refractivity contribution in [1.82, 2.24) is 14.9 Å². The highest BCUT2D eigenvalue weighted by molar-refractivity contribution is 7.99. The number of nitrogens with one attached hydrogen (secondary N) is 2. The van der Waals surface area contributed by atoms with Crippen molar-refractivity contribution >= 4 is 27.6 Å². The quantitative estimate of drug-likeness (QED) is 0.739. The van der Waals surface area contributed by atoms with E-state index < -0.39 is 10.0 Å². The molecule has 0 radical (unpaired) electrons. The van der Waals surface area contributed by atoms with Crippen LogP contribution in [0.1, 0.15) is 12.8 Å². The number of anilines is 1. The molecule has 1 fully saturated rings. The van der Waals surface area contributed by atoms with Crippen molar-refractivity contribution in [2.75, 3.05) is 23.8 Å². The Labute approximate surface area is 105 Å². The normalized spacial score (nSPS) is 18.4. The van der Waals surface area contributed by atoms with E-state index >= 15 is 0 Å². The molecule has 2 rings (SSSR count). The Morgan fingerprint density at radius 2 is 2.24 bits per heavy atom. The summed E-state index contributed by atoms with van der Waals surface area (Å²) in [5.41, 5.74) is 5.49. The van der Waals surface area contributed by atoms with Crippen LogP contribution in [0.25, 0.3) is 0 Å². The molecule has 17 heavy (non-hydrogen) atoms. The monoisotopic (exact) mass is 276 g/mol. The van der Waals surface area contributed by atoms with Gasteiger partial charge in [-0.2, -0.15) is 16.9 Å². The minimum Gasteiger partial charge on any atom is -0.383 e. The number of nitrogens with zero attached hydrogens (tertiary/aromatic N) is 1. The third-order valence-corrected chi connectivity index (χ3v) is 5.32. The van der Waals surface area contributed by atoms with Crippen molar-refractivity contribution in [2.45, 2.75) is 17.7 Å². The fraction of sp³-hybridized carbons (Fsp3) is 0.667. The van der Waals surface area contributed by atoms with E-state index in [1.807, 2.05) is 11.8 Å². The molecule has 0 amide bonds. The van der Waals surface area contributed by atoms with Gasteiger partial charge in [-0.25, -0.2) is 13.1 Å². The molecule has 1 aromatic heterocycles. The zero-order valence-electron chi connectivity index (χ0n) is 9.35. The number of sulfonamides is 1. The Morgan fingerprint density at radius 1 is 1.53 bits per heavy atom. The van der Waals surface area contributed by atoms with Crippen LogP contribution >= 0.6 is 11.8 Å². The lowest BCUT2D eigenvalue weighted by Crippen LogP contribution is -2.31. The number of nitrogens with two attached hydrogens (primary N) is 1. The van der Waals surface area contributed by atoms with Crippen molar-refractivity contribution in [3.05, 3.63) is 6.20 Å². The maximum Gasteiger partial charge on any atom is 0.245 e. The molecule has 0 bridgehead atoms. The van der Waals surface area contributed by atoms with E-state index in [0.29, 0.717) is 12.5 Å². The maximum absolute atomic E-state index is 11.9. The van der Waals surface area contributed by atoms with Gasteiger partial charge in [0.1, 0.15) is 10.7 Å². The number of nitrogen functional groups attached to an aromatic ring is 1. The van der Waals surface area contributed by atoms with Crippen LogP contribution in [0, 0.1) is 5.92 Å². The predicted molar refractivity (Wildman–Crippen MR) is 68.2 cm³/mol. The number of hydrogen-bond donors (Lipinski definition) is 3. The van der Waals surface area contributed by atoms with Crippen molar-refractivity contribution in [2.24, 2.45) is 5.92 Å². The van der Waals surface area contributed by atoms with Gasteiger partial charge in [0.15, 0.2) is 0 Å². The zero-order chi connectivity index (χ0) is 12.3. The van der Waals surface area contributed by atoms with Crippen LogP contribution in [-0.2, 0) is 10.0 Å². The molecule has 0 aliphatic carbocycles. The summed E-state index contributed by atoms with van der Waals surface area (Å²) in [6, 6.07) is 0. The summed E-state index contributed by atoms with van der Waals surface area (Å²) in [6.07, 6.45) is 3.36. The van der Waals surface area contributed by atoms with Crippen molar-refractivity contribution in [3.63, 3.8) is 0 Å². The van der Waals surface area contributed by atoms with E-state index in [2.05, 4.69) is 14.9 Å². The zero-order valence-corrected chi connectivity index (χ0v) is 11.0. The summed E-state index contributed by atoms with van der Waals surface area (Å²) in [4.78, 5) is 0.0303. The van der Waals surface area contributed by atoms with Crippen molar-refractivity contribution in [3.8, 4) is 0 Å². The van der Waals surface area contributed by atoms with Gasteiger partial charge in [-0.15, -0.1) is 0 Å². The van der Waals surface area contributed by atoms with E-state index in [1.54, 1.807) is 0 Å². The van der Waals surface area contributed by atoms with Crippen LogP contribution < -0.4 is 10.5 Å². The third kappa shape index (κ3) is 3.14. The molecule has 0 saturated carbocycles. The number of hydrogen-bond acceptors (Lipinski definition) is 5. The Hall–Kier alpha value is -0.730. The topological polar surface area (TPSA) is 101 Å². The summed E-state index contributed by atoms with van der Waals surface area (Å²) in [5, 5.41) is 6.03. The second-order valence-corrected chi connectivity index (χ2v) is 7.02. The molecule has 1 aliphatic rings. The highest BCUT2D eigenvalue weighted by atomic mass is 32.2. The average molecular weight is 276 g/mol. The molecule has 8 heteroatoms. The van der Waals surface area contributed by atoms with E-state index in [-0.39, 0.29) is 10.7 Å². The van der Waals surface area contributed by atoms with Gasteiger partial charge in [0.05, 0.1) is 6.20 Å². The van der Waals surface area contributed by atoms with Gasteiger partial charge < -0.3 is 5.73 Å². The SMILES string of the molecule is Nc1[nH]ncc1S(=O)(=O)NCC1CCSCC1. The molecule has 1 saturated heterocycles. The van der Waals surface area contributed by atoms with Gasteiger partial charge in [-0.3, -0.25) is 5.10 Å². The van der Waals surface area contributed by atoms with Crippen molar-refractivity contribution < 1.29 is 8.42 Å². The lowest BCUT2D eigenvalue weighted by molar-refractivity contribution is 0.477. The van der Waals surface area contributed by atoms with Gasteiger partial charge >= 0.3 is 0 Å². The molecule has 1 aliphatic heterocycles. The van der Waals surface area contributed by atoms with Gasteiger partial charge in [-0.1, -0.05) is 0 Å². The van der Waals surface area contributed by atoms with Crippen molar-refractivity contribution in [1.29, 1.82) is 0 Å². The number of thioether (sulfide) groups is 1. The van der Waals surface area contributed by atoms with E-state index in [9.17, 15) is 8.42 Å². The Morgan fingerprint density at radius 3 is 2.82 bits per heavy atom. The first kappa shape index (κ1) is 12.7. The first-order valence-corrected chi connectivity index (χ1v) is 8.09. The lowest BCUT2D eigenvalue weighted by atomic mass is 10.0. The smallest absolute Gasteiger partial charge is 0.245 e. The molecule has 0 atom stereocenters. The van der Waals surface area contributed by atoms with Gasteiger partial charge in [0, 0.05) is 6.54 Å². The third-order valence-electron chi connectivity index (χ3n) is 2.82. The van der Waals surface area contributed by atoms with Gasteiger partial charge in [-0.05, 0) is 30.3 Å². The van der Waals surface area contributed by atoms with Crippen LogP contribution in [0.15, 0.2) is 11.1 Å². The van der Waals surface area contributed by atoms with Crippen LogP contribution in [0.4, 0.5) is 5.82 Å². The highest BCUT2D eigenvalue weighted by Crippen LogP contribution is 2.22. The molecule has 4 N–H and O–H groups in total. The molecule has 0 aromatic carbocycles. The number of aromatic amines is 1. The van der Waals surface area contributed by atoms with E-state index in [4.69, 9.17) is 5.73 Å². The molecule has 0 spiro atoms. The Bertz CT molecular complexity index is 465. The summed E-state index contributed by atoms with van der Waals surface area (Å²) in [6.45, 7) is 0.480. The standard InChI is InChI=1S/C9H16N4O2S2/c10-9-8(6-11-13-9)17(14,15)12-5-7-1-3-16-4-2-7/h6-7,12H,1-5H2,(H3,10,11,13). The second kappa shape index (κ2) is 5.28. The number of rotatable bonds is 4. The molecule has 1 aromatic rings. The molecular weight excluding hydrogens is 260 g/mol. The first-order chi connectivity index (χ1) is 8.09. The summed E-state index contributed by atoms with van der Waals surface area (Å²) < 4.78 is 26.4. The van der Waals surface area contributed by atoms with E-state index in [0.717, 1.165) is 24.3 Å². The van der Waals surface area contributed by atoms with Crippen LogP contribution in [0.3, 0.4) is 0 Å².